The number of benzene rings is 1. The van der Waals surface area contributed by atoms with Crippen molar-refractivity contribution in [3.8, 4) is 0 Å². The summed E-state index contributed by atoms with van der Waals surface area (Å²) >= 11 is 0. The summed E-state index contributed by atoms with van der Waals surface area (Å²) in [4.78, 5) is 18.7. The highest BCUT2D eigenvalue weighted by Crippen LogP contribution is 2.23. The first-order valence-electron chi connectivity index (χ1n) is 10.5. The van der Waals surface area contributed by atoms with Crippen LogP contribution in [0.4, 0.5) is 0 Å². The maximum Gasteiger partial charge on any atom is 0.223 e. The molecule has 0 bridgehead atoms. The van der Waals surface area contributed by atoms with Crippen LogP contribution < -0.4 is 10.6 Å². The minimum Gasteiger partial charge on any atom is -0.381 e. The van der Waals surface area contributed by atoms with Gasteiger partial charge in [-0.05, 0) is 12.0 Å². The molecule has 1 aromatic carbocycles. The first-order chi connectivity index (χ1) is 14.1. The van der Waals surface area contributed by atoms with Crippen LogP contribution in [-0.2, 0) is 20.7 Å². The molecule has 29 heavy (non-hydrogen) atoms. The van der Waals surface area contributed by atoms with E-state index in [9.17, 15) is 4.79 Å². The van der Waals surface area contributed by atoms with Crippen molar-refractivity contribution in [2.24, 2.45) is 10.9 Å². The van der Waals surface area contributed by atoms with E-state index in [1.807, 2.05) is 23.1 Å². The van der Waals surface area contributed by atoms with Gasteiger partial charge in [-0.1, -0.05) is 30.3 Å². The zero-order valence-corrected chi connectivity index (χ0v) is 17.7. The van der Waals surface area contributed by atoms with Gasteiger partial charge in [-0.2, -0.15) is 0 Å². The maximum absolute atomic E-state index is 12.4. The van der Waals surface area contributed by atoms with Crippen LogP contribution in [-0.4, -0.2) is 75.9 Å². The zero-order chi connectivity index (χ0) is 20.5. The summed E-state index contributed by atoms with van der Waals surface area (Å²) in [5.41, 5.74) is 1.07. The van der Waals surface area contributed by atoms with E-state index < -0.39 is 0 Å². The largest absolute Gasteiger partial charge is 0.381 e. The van der Waals surface area contributed by atoms with Crippen LogP contribution in [0.15, 0.2) is 35.3 Å². The van der Waals surface area contributed by atoms with Crippen molar-refractivity contribution in [1.82, 2.24) is 15.5 Å². The lowest BCUT2D eigenvalue weighted by atomic mass is 9.94. The van der Waals surface area contributed by atoms with E-state index in [1.165, 1.54) is 5.56 Å². The standard InChI is InChI=1S/C22H34N4O3/c1-23-21(25-17-22(28-2)9-12-29-13-10-22)24-15-19-14-20(27)26(16-19)11-8-18-6-4-3-5-7-18/h3-7,19H,8-17H2,1-2H3,(H2,23,24,25). The lowest BCUT2D eigenvalue weighted by Crippen LogP contribution is -2.51. The molecular weight excluding hydrogens is 368 g/mol. The second-order valence-electron chi connectivity index (χ2n) is 7.95. The van der Waals surface area contributed by atoms with E-state index in [0.29, 0.717) is 18.9 Å². The molecule has 0 radical (unpaired) electrons. The number of hydrogen-bond donors (Lipinski definition) is 2. The Morgan fingerprint density at radius 2 is 2.03 bits per heavy atom. The van der Waals surface area contributed by atoms with Gasteiger partial charge in [0.25, 0.3) is 0 Å². The molecule has 2 saturated heterocycles. The Labute approximate surface area is 173 Å². The molecule has 1 atom stereocenters. The van der Waals surface area contributed by atoms with Gasteiger partial charge >= 0.3 is 0 Å². The zero-order valence-electron chi connectivity index (χ0n) is 17.7. The van der Waals surface area contributed by atoms with Crippen molar-refractivity contribution in [1.29, 1.82) is 0 Å². The lowest BCUT2D eigenvalue weighted by Gasteiger charge is -2.36. The highest BCUT2D eigenvalue weighted by atomic mass is 16.5. The number of guanidine groups is 1. The predicted molar refractivity (Wildman–Crippen MR) is 114 cm³/mol. The van der Waals surface area contributed by atoms with E-state index in [2.05, 4.69) is 27.8 Å². The minimum atomic E-state index is -0.201. The van der Waals surface area contributed by atoms with Crippen LogP contribution in [0, 0.1) is 5.92 Å². The third kappa shape index (κ3) is 6.18. The molecule has 2 aliphatic rings. The normalized spacial score (nSPS) is 22.0. The Bertz CT molecular complexity index is 674. The SMILES string of the molecule is CN=C(NCC1CC(=O)N(CCc2ccccc2)C1)NCC1(OC)CCOCC1. The summed E-state index contributed by atoms with van der Waals surface area (Å²) in [6.45, 7) is 4.46. The lowest BCUT2D eigenvalue weighted by molar-refractivity contribution is -0.127. The average Bonchev–Trinajstić information content (AvgIpc) is 3.13. The summed E-state index contributed by atoms with van der Waals surface area (Å²) < 4.78 is 11.2. The van der Waals surface area contributed by atoms with Gasteiger partial charge in [-0.15, -0.1) is 0 Å². The van der Waals surface area contributed by atoms with Gasteiger partial charge in [0, 0.05) is 78.7 Å². The number of hydrogen-bond acceptors (Lipinski definition) is 4. The van der Waals surface area contributed by atoms with Crippen molar-refractivity contribution >= 4 is 11.9 Å². The van der Waals surface area contributed by atoms with Crippen molar-refractivity contribution in [3.05, 3.63) is 35.9 Å². The number of nitrogens with one attached hydrogen (secondary N) is 2. The molecule has 0 aliphatic carbocycles. The Kier molecular flexibility index (Phi) is 7.89. The Balaban J connectivity index is 1.41. The molecule has 0 saturated carbocycles. The number of rotatable bonds is 8. The molecule has 0 spiro atoms. The molecule has 1 amide bonds. The molecule has 7 nitrogen and oxygen atoms in total. The van der Waals surface area contributed by atoms with Crippen LogP contribution >= 0.6 is 0 Å². The highest BCUT2D eigenvalue weighted by Gasteiger charge is 2.33. The molecule has 1 aromatic rings. The number of nitrogens with zero attached hydrogens (tertiary/aromatic N) is 2. The first-order valence-corrected chi connectivity index (χ1v) is 10.5. The van der Waals surface area contributed by atoms with Gasteiger partial charge in [0.15, 0.2) is 5.96 Å². The van der Waals surface area contributed by atoms with Crippen LogP contribution in [0.2, 0.25) is 0 Å². The fraction of sp³-hybridized carbons (Fsp3) is 0.636. The van der Waals surface area contributed by atoms with Gasteiger partial charge < -0.3 is 25.0 Å². The summed E-state index contributed by atoms with van der Waals surface area (Å²) in [7, 11) is 3.53. The van der Waals surface area contributed by atoms with Gasteiger partial charge in [0.1, 0.15) is 0 Å². The second-order valence-corrected chi connectivity index (χ2v) is 7.95. The summed E-state index contributed by atoms with van der Waals surface area (Å²) in [6.07, 6.45) is 3.25. The number of carbonyl (C=O) groups is 1. The number of carbonyl (C=O) groups excluding carboxylic acids is 1. The predicted octanol–water partition coefficient (Wildman–Crippen LogP) is 1.44. The molecule has 2 N–H and O–H groups in total. The van der Waals surface area contributed by atoms with E-state index in [0.717, 1.165) is 58.1 Å². The number of likely N-dealkylation sites (tertiary alicyclic amines) is 1. The monoisotopic (exact) mass is 402 g/mol. The Hall–Kier alpha value is -2.12. The molecule has 2 fully saturated rings. The second kappa shape index (κ2) is 10.6. The fourth-order valence-electron chi connectivity index (χ4n) is 4.02. The molecule has 2 aliphatic heterocycles. The Morgan fingerprint density at radius 3 is 2.72 bits per heavy atom. The van der Waals surface area contributed by atoms with Crippen molar-refractivity contribution in [3.63, 3.8) is 0 Å². The van der Waals surface area contributed by atoms with Crippen LogP contribution in [0.3, 0.4) is 0 Å². The number of ether oxygens (including phenoxy) is 2. The third-order valence-electron chi connectivity index (χ3n) is 6.00. The minimum absolute atomic E-state index is 0.201. The maximum atomic E-state index is 12.4. The van der Waals surface area contributed by atoms with E-state index in [1.54, 1.807) is 14.2 Å². The molecule has 160 valence electrons. The smallest absolute Gasteiger partial charge is 0.223 e. The van der Waals surface area contributed by atoms with E-state index >= 15 is 0 Å². The third-order valence-corrected chi connectivity index (χ3v) is 6.00. The van der Waals surface area contributed by atoms with Crippen molar-refractivity contribution < 1.29 is 14.3 Å². The van der Waals surface area contributed by atoms with Crippen molar-refractivity contribution in [2.75, 3.05) is 53.6 Å². The fourth-order valence-corrected chi connectivity index (χ4v) is 4.02. The number of amides is 1. The first kappa shape index (κ1) is 21.6. The molecule has 7 heteroatoms. The summed E-state index contributed by atoms with van der Waals surface area (Å²) in [6, 6.07) is 10.3. The quantitative estimate of drug-likeness (QED) is 0.508. The van der Waals surface area contributed by atoms with Gasteiger partial charge in [0.2, 0.25) is 5.91 Å². The molecule has 2 heterocycles. The summed E-state index contributed by atoms with van der Waals surface area (Å²) in [5, 5.41) is 6.76. The van der Waals surface area contributed by atoms with Gasteiger partial charge in [-0.3, -0.25) is 9.79 Å². The van der Waals surface area contributed by atoms with Gasteiger partial charge in [-0.25, -0.2) is 0 Å². The summed E-state index contributed by atoms with van der Waals surface area (Å²) in [5.74, 6) is 1.30. The average molecular weight is 403 g/mol. The van der Waals surface area contributed by atoms with E-state index in [4.69, 9.17) is 9.47 Å². The van der Waals surface area contributed by atoms with E-state index in [-0.39, 0.29) is 11.5 Å². The molecular formula is C22H34N4O3. The molecule has 3 rings (SSSR count). The van der Waals surface area contributed by atoms with Gasteiger partial charge in [0.05, 0.1) is 5.60 Å². The molecule has 1 unspecified atom stereocenters. The number of aliphatic imine (C=N–C) groups is 1. The van der Waals surface area contributed by atoms with Crippen LogP contribution in [0.5, 0.6) is 0 Å². The van der Waals surface area contributed by atoms with Crippen LogP contribution in [0.1, 0.15) is 24.8 Å². The van der Waals surface area contributed by atoms with Crippen molar-refractivity contribution in [2.45, 2.75) is 31.3 Å². The number of methoxy groups -OCH3 is 1. The molecule has 0 aromatic heterocycles. The topological polar surface area (TPSA) is 75.2 Å². The Morgan fingerprint density at radius 1 is 1.28 bits per heavy atom. The van der Waals surface area contributed by atoms with Crippen LogP contribution in [0.25, 0.3) is 0 Å². The highest BCUT2D eigenvalue weighted by molar-refractivity contribution is 5.81.